The Morgan fingerprint density at radius 2 is 1.96 bits per heavy atom. The second-order valence-corrected chi connectivity index (χ2v) is 8.64. The van der Waals surface area contributed by atoms with E-state index >= 15 is 0 Å². The highest BCUT2D eigenvalue weighted by Crippen LogP contribution is 2.19. The number of benzene rings is 1. The van der Waals surface area contributed by atoms with E-state index in [0.717, 1.165) is 9.20 Å². The van der Waals surface area contributed by atoms with E-state index in [9.17, 15) is 18.3 Å². The van der Waals surface area contributed by atoms with Crippen molar-refractivity contribution in [2.45, 2.75) is 23.5 Å². The lowest BCUT2D eigenvalue weighted by Crippen LogP contribution is -2.56. The summed E-state index contributed by atoms with van der Waals surface area (Å²) in [4.78, 5) is 15.1. The molecule has 2 N–H and O–H groups in total. The van der Waals surface area contributed by atoms with Crippen LogP contribution in [0, 0.1) is 0 Å². The van der Waals surface area contributed by atoms with E-state index < -0.39 is 22.4 Å². The molecule has 1 fully saturated rings. The zero-order valence-corrected chi connectivity index (χ0v) is 15.6. The van der Waals surface area contributed by atoms with Gasteiger partial charge < -0.3 is 10.0 Å². The van der Waals surface area contributed by atoms with Crippen molar-refractivity contribution in [3.05, 3.63) is 29.8 Å². The summed E-state index contributed by atoms with van der Waals surface area (Å²) in [5, 5.41) is 10.2. The minimum absolute atomic E-state index is 0.101. The lowest BCUT2D eigenvalue weighted by Gasteiger charge is -2.36. The van der Waals surface area contributed by atoms with Crippen molar-refractivity contribution in [2.75, 3.05) is 33.4 Å². The molecule has 24 heavy (non-hydrogen) atoms. The van der Waals surface area contributed by atoms with Crippen LogP contribution in [0.4, 0.5) is 0 Å². The molecule has 1 aromatic carbocycles. The number of hydrogen-bond donors (Lipinski definition) is 2. The van der Waals surface area contributed by atoms with Crippen LogP contribution in [0.1, 0.15) is 16.8 Å². The maximum Gasteiger partial charge on any atom is 0.279 e. The van der Waals surface area contributed by atoms with Gasteiger partial charge in [-0.2, -0.15) is 17.4 Å². The molecule has 0 aromatic heterocycles. The number of β-amino-alcohol motifs (C(OH)–C–C–N with tert-alkyl or cyclic N) is 1. The van der Waals surface area contributed by atoms with Gasteiger partial charge in [0, 0.05) is 37.6 Å². The van der Waals surface area contributed by atoms with E-state index in [4.69, 9.17) is 0 Å². The Bertz CT molecular complexity index is 676. The monoisotopic (exact) mass is 373 g/mol. The average molecular weight is 374 g/mol. The highest BCUT2D eigenvalue weighted by Gasteiger charge is 2.33. The maximum absolute atomic E-state index is 12.5. The van der Waals surface area contributed by atoms with Crippen LogP contribution in [0.3, 0.4) is 0 Å². The van der Waals surface area contributed by atoms with E-state index in [1.54, 1.807) is 28.8 Å². The predicted octanol–water partition coefficient (Wildman–Crippen LogP) is 0.380. The lowest BCUT2D eigenvalue weighted by molar-refractivity contribution is 0.0364. The third-order valence-electron chi connectivity index (χ3n) is 3.99. The van der Waals surface area contributed by atoms with Crippen molar-refractivity contribution in [1.29, 1.82) is 0 Å². The first-order valence-electron chi connectivity index (χ1n) is 7.56. The van der Waals surface area contributed by atoms with Crippen molar-refractivity contribution in [3.63, 3.8) is 0 Å². The molecule has 1 saturated heterocycles. The zero-order valence-electron chi connectivity index (χ0n) is 14.0. The molecule has 134 valence electrons. The van der Waals surface area contributed by atoms with Crippen LogP contribution in [0.2, 0.25) is 0 Å². The number of carbonyl (C=O) groups is 1. The number of rotatable bonds is 5. The number of hydrogen-bond acceptors (Lipinski definition) is 5. The molecule has 2 rings (SSSR count). The maximum atomic E-state index is 12.5. The largest absolute Gasteiger partial charge is 0.390 e. The van der Waals surface area contributed by atoms with Crippen LogP contribution in [0.5, 0.6) is 0 Å². The number of nitrogens with zero attached hydrogens (tertiary/aromatic N) is 2. The summed E-state index contributed by atoms with van der Waals surface area (Å²) in [6.07, 6.45) is 1.39. The molecular weight excluding hydrogens is 350 g/mol. The SMILES string of the molecule is CSc1ccc(C(=O)N2CC[C@@H](NS(=O)(=O)N(C)C)[C@H](O)C2)cc1. The van der Waals surface area contributed by atoms with Gasteiger partial charge in [-0.05, 0) is 36.9 Å². The average Bonchev–Trinajstić information content (AvgIpc) is 2.56. The number of thioether (sulfide) groups is 1. The Hall–Kier alpha value is -1.13. The van der Waals surface area contributed by atoms with Gasteiger partial charge in [0.1, 0.15) is 0 Å². The quantitative estimate of drug-likeness (QED) is 0.729. The molecule has 1 aromatic rings. The van der Waals surface area contributed by atoms with Gasteiger partial charge in [-0.1, -0.05) is 0 Å². The van der Waals surface area contributed by atoms with Gasteiger partial charge in [0.15, 0.2) is 0 Å². The summed E-state index contributed by atoms with van der Waals surface area (Å²) in [5.41, 5.74) is 0.562. The molecule has 1 aliphatic rings. The van der Waals surface area contributed by atoms with Gasteiger partial charge in [0.05, 0.1) is 12.1 Å². The summed E-state index contributed by atoms with van der Waals surface area (Å²) >= 11 is 1.60. The Balaban J connectivity index is 2.00. The minimum Gasteiger partial charge on any atom is -0.390 e. The predicted molar refractivity (Wildman–Crippen MR) is 94.3 cm³/mol. The standard InChI is InChI=1S/C15H23N3O4S2/c1-17(2)24(21,22)16-13-8-9-18(10-14(13)19)15(20)11-4-6-12(23-3)7-5-11/h4-7,13-14,16,19H,8-10H2,1-3H3/t13-,14-/m1/s1. The first kappa shape index (κ1) is 19.2. The summed E-state index contributed by atoms with van der Waals surface area (Å²) in [6.45, 7) is 0.491. The summed E-state index contributed by atoms with van der Waals surface area (Å²) in [7, 11) is -0.766. The van der Waals surface area contributed by atoms with Crippen molar-refractivity contribution in [2.24, 2.45) is 0 Å². The van der Waals surface area contributed by atoms with E-state index in [-0.39, 0.29) is 12.5 Å². The van der Waals surface area contributed by atoms with E-state index in [1.807, 2.05) is 18.4 Å². The molecule has 1 heterocycles. The number of aliphatic hydroxyl groups excluding tert-OH is 1. The molecule has 9 heteroatoms. The van der Waals surface area contributed by atoms with Crippen LogP contribution in [0.15, 0.2) is 29.2 Å². The summed E-state index contributed by atoms with van der Waals surface area (Å²) in [6, 6.07) is 6.70. The molecule has 1 aliphatic heterocycles. The van der Waals surface area contributed by atoms with Crippen molar-refractivity contribution in [3.8, 4) is 0 Å². The summed E-state index contributed by atoms with van der Waals surface area (Å²) < 4.78 is 27.3. The van der Waals surface area contributed by atoms with Crippen LogP contribution in [-0.4, -0.2) is 74.2 Å². The molecular formula is C15H23N3O4S2. The number of likely N-dealkylation sites (tertiary alicyclic amines) is 1. The molecule has 0 spiro atoms. The molecule has 0 aliphatic carbocycles. The van der Waals surface area contributed by atoms with E-state index in [2.05, 4.69) is 4.72 Å². The fourth-order valence-electron chi connectivity index (χ4n) is 2.47. The number of aliphatic hydroxyl groups is 1. The van der Waals surface area contributed by atoms with Gasteiger partial charge in [0.25, 0.3) is 16.1 Å². The van der Waals surface area contributed by atoms with Gasteiger partial charge in [-0.3, -0.25) is 4.79 Å². The normalized spacial score (nSPS) is 22.0. The van der Waals surface area contributed by atoms with Gasteiger partial charge in [0.2, 0.25) is 0 Å². The number of carbonyl (C=O) groups excluding carboxylic acids is 1. The molecule has 0 saturated carbocycles. The Morgan fingerprint density at radius 1 is 1.33 bits per heavy atom. The van der Waals surface area contributed by atoms with Gasteiger partial charge in [-0.15, -0.1) is 11.8 Å². The van der Waals surface area contributed by atoms with Crippen molar-refractivity contribution < 1.29 is 18.3 Å². The summed E-state index contributed by atoms with van der Waals surface area (Å²) in [5.74, 6) is -0.157. The fourth-order valence-corrected chi connectivity index (χ4v) is 3.74. The first-order chi connectivity index (χ1) is 11.2. The minimum atomic E-state index is -3.61. The third-order valence-corrected chi connectivity index (χ3v) is 6.29. The smallest absolute Gasteiger partial charge is 0.279 e. The Kier molecular flexibility index (Phi) is 6.27. The Morgan fingerprint density at radius 3 is 2.46 bits per heavy atom. The molecule has 0 unspecified atom stereocenters. The topological polar surface area (TPSA) is 90.0 Å². The molecule has 1 amide bonds. The third kappa shape index (κ3) is 4.48. The van der Waals surface area contributed by atoms with Crippen LogP contribution >= 0.6 is 11.8 Å². The molecule has 0 radical (unpaired) electrons. The van der Waals surface area contributed by atoms with Crippen LogP contribution < -0.4 is 4.72 Å². The number of nitrogens with one attached hydrogen (secondary N) is 1. The molecule has 0 bridgehead atoms. The number of amides is 1. The second-order valence-electron chi connectivity index (χ2n) is 5.85. The number of piperidine rings is 1. The zero-order chi connectivity index (χ0) is 17.9. The van der Waals surface area contributed by atoms with E-state index in [1.165, 1.54) is 14.1 Å². The highest BCUT2D eigenvalue weighted by molar-refractivity contribution is 7.98. The van der Waals surface area contributed by atoms with Crippen molar-refractivity contribution in [1.82, 2.24) is 13.9 Å². The fraction of sp³-hybridized carbons (Fsp3) is 0.533. The Labute approximate surface area is 147 Å². The molecule has 7 nitrogen and oxygen atoms in total. The van der Waals surface area contributed by atoms with E-state index in [0.29, 0.717) is 18.5 Å². The molecule has 2 atom stereocenters. The second kappa shape index (κ2) is 7.83. The van der Waals surface area contributed by atoms with Crippen LogP contribution in [0.25, 0.3) is 0 Å². The van der Waals surface area contributed by atoms with Gasteiger partial charge in [-0.25, -0.2) is 0 Å². The first-order valence-corrected chi connectivity index (χ1v) is 10.2. The highest BCUT2D eigenvalue weighted by atomic mass is 32.2. The van der Waals surface area contributed by atoms with Crippen LogP contribution in [-0.2, 0) is 10.2 Å². The lowest BCUT2D eigenvalue weighted by atomic mass is 10.0. The van der Waals surface area contributed by atoms with Gasteiger partial charge >= 0.3 is 0 Å². The van der Waals surface area contributed by atoms with Crippen molar-refractivity contribution >= 4 is 27.9 Å².